The second-order valence-corrected chi connectivity index (χ2v) is 4.69. The second-order valence-electron chi connectivity index (χ2n) is 4.69. The SMILES string of the molecule is O=C1[C@H](Nc2ccc([N+](=O)[O-])cc2)CCCN1CCO. The quantitative estimate of drug-likeness (QED) is 0.619. The van der Waals surface area contributed by atoms with Crippen molar-refractivity contribution in [3.8, 4) is 0 Å². The van der Waals surface area contributed by atoms with Gasteiger partial charge in [-0.25, -0.2) is 0 Å². The van der Waals surface area contributed by atoms with E-state index in [2.05, 4.69) is 5.32 Å². The van der Waals surface area contributed by atoms with Crippen LogP contribution in [0.5, 0.6) is 0 Å². The van der Waals surface area contributed by atoms with Crippen molar-refractivity contribution in [3.63, 3.8) is 0 Å². The number of nitro groups is 1. The maximum absolute atomic E-state index is 12.1. The van der Waals surface area contributed by atoms with Gasteiger partial charge in [-0.15, -0.1) is 0 Å². The standard InChI is InChI=1S/C13H17N3O4/c17-9-8-15-7-1-2-12(13(15)18)14-10-3-5-11(6-4-10)16(19)20/h3-6,12,14,17H,1-2,7-9H2/t12-/m1/s1. The Labute approximate surface area is 116 Å². The first-order valence-corrected chi connectivity index (χ1v) is 6.52. The van der Waals surface area contributed by atoms with Crippen molar-refractivity contribution in [2.75, 3.05) is 25.0 Å². The molecule has 1 aromatic rings. The molecular weight excluding hydrogens is 262 g/mol. The topological polar surface area (TPSA) is 95.7 Å². The van der Waals surface area contributed by atoms with Gasteiger partial charge in [0.25, 0.3) is 5.69 Å². The highest BCUT2D eigenvalue weighted by Gasteiger charge is 2.28. The lowest BCUT2D eigenvalue weighted by Gasteiger charge is -2.32. The fraction of sp³-hybridized carbons (Fsp3) is 0.462. The number of non-ortho nitro benzene ring substituents is 1. The summed E-state index contributed by atoms with van der Waals surface area (Å²) in [6.07, 6.45) is 1.59. The summed E-state index contributed by atoms with van der Waals surface area (Å²) < 4.78 is 0. The Morgan fingerprint density at radius 1 is 1.40 bits per heavy atom. The Kier molecular flexibility index (Phi) is 4.52. The molecule has 7 nitrogen and oxygen atoms in total. The first-order valence-electron chi connectivity index (χ1n) is 6.52. The molecule has 2 rings (SSSR count). The third kappa shape index (κ3) is 3.24. The van der Waals surface area contributed by atoms with Gasteiger partial charge in [-0.2, -0.15) is 0 Å². The number of amides is 1. The third-order valence-corrected chi connectivity index (χ3v) is 3.32. The van der Waals surface area contributed by atoms with Crippen molar-refractivity contribution in [2.24, 2.45) is 0 Å². The van der Waals surface area contributed by atoms with E-state index in [-0.39, 0.29) is 24.2 Å². The molecule has 108 valence electrons. The predicted molar refractivity (Wildman–Crippen MR) is 73.4 cm³/mol. The minimum absolute atomic E-state index is 0.0208. The van der Waals surface area contributed by atoms with Crippen LogP contribution in [0.15, 0.2) is 24.3 Å². The van der Waals surface area contributed by atoms with Crippen LogP contribution in [0.4, 0.5) is 11.4 Å². The first kappa shape index (κ1) is 14.3. The highest BCUT2D eigenvalue weighted by atomic mass is 16.6. The van der Waals surface area contributed by atoms with Crippen molar-refractivity contribution in [2.45, 2.75) is 18.9 Å². The number of hydrogen-bond donors (Lipinski definition) is 2. The van der Waals surface area contributed by atoms with Crippen LogP contribution in [0.2, 0.25) is 0 Å². The van der Waals surface area contributed by atoms with Gasteiger partial charge < -0.3 is 15.3 Å². The molecule has 1 aromatic carbocycles. The molecule has 0 aliphatic carbocycles. The molecule has 0 radical (unpaired) electrons. The fourth-order valence-electron chi connectivity index (χ4n) is 2.30. The van der Waals surface area contributed by atoms with Gasteiger partial charge in [0, 0.05) is 30.9 Å². The summed E-state index contributed by atoms with van der Waals surface area (Å²) >= 11 is 0. The molecule has 1 aliphatic rings. The highest BCUT2D eigenvalue weighted by Crippen LogP contribution is 2.20. The first-order chi connectivity index (χ1) is 9.61. The van der Waals surface area contributed by atoms with Gasteiger partial charge in [-0.05, 0) is 25.0 Å². The van der Waals surface area contributed by atoms with Gasteiger partial charge in [0.15, 0.2) is 0 Å². The van der Waals surface area contributed by atoms with Crippen LogP contribution in [0.1, 0.15) is 12.8 Å². The van der Waals surface area contributed by atoms with Gasteiger partial charge in [0.1, 0.15) is 6.04 Å². The van der Waals surface area contributed by atoms with Crippen molar-refractivity contribution < 1.29 is 14.8 Å². The Morgan fingerprint density at radius 2 is 2.10 bits per heavy atom. The number of aliphatic hydroxyl groups excluding tert-OH is 1. The highest BCUT2D eigenvalue weighted by molar-refractivity contribution is 5.85. The second kappa shape index (κ2) is 6.33. The molecule has 2 N–H and O–H groups in total. The van der Waals surface area contributed by atoms with Crippen LogP contribution in [-0.2, 0) is 4.79 Å². The molecule has 1 aliphatic heterocycles. The lowest BCUT2D eigenvalue weighted by Crippen LogP contribution is -2.48. The Bertz CT molecular complexity index is 487. The molecule has 0 bridgehead atoms. The smallest absolute Gasteiger partial charge is 0.269 e. The third-order valence-electron chi connectivity index (χ3n) is 3.32. The molecule has 0 saturated carbocycles. The summed E-state index contributed by atoms with van der Waals surface area (Å²) in [4.78, 5) is 23.9. The molecule has 1 amide bonds. The van der Waals surface area contributed by atoms with E-state index in [0.29, 0.717) is 18.8 Å². The summed E-state index contributed by atoms with van der Waals surface area (Å²) in [5, 5.41) is 22.6. The van der Waals surface area contributed by atoms with E-state index in [1.807, 2.05) is 0 Å². The minimum atomic E-state index is -0.460. The van der Waals surface area contributed by atoms with E-state index < -0.39 is 4.92 Å². The average molecular weight is 279 g/mol. The number of rotatable bonds is 5. The number of anilines is 1. The van der Waals surface area contributed by atoms with Gasteiger partial charge in [0.2, 0.25) is 5.91 Å². The number of hydrogen-bond acceptors (Lipinski definition) is 5. The van der Waals surface area contributed by atoms with E-state index in [4.69, 9.17) is 5.11 Å². The number of β-amino-alcohol motifs (C(OH)–C–C–N with tert-alkyl or cyclic N) is 1. The van der Waals surface area contributed by atoms with E-state index in [9.17, 15) is 14.9 Å². The van der Waals surface area contributed by atoms with Crippen LogP contribution in [0, 0.1) is 10.1 Å². The van der Waals surface area contributed by atoms with E-state index in [0.717, 1.165) is 12.8 Å². The molecule has 1 atom stereocenters. The largest absolute Gasteiger partial charge is 0.395 e. The number of carbonyl (C=O) groups is 1. The molecule has 0 aromatic heterocycles. The summed E-state index contributed by atoms with van der Waals surface area (Å²) in [6, 6.07) is 5.66. The summed E-state index contributed by atoms with van der Waals surface area (Å²) in [7, 11) is 0. The molecule has 0 unspecified atom stereocenters. The predicted octanol–water partition coefficient (Wildman–Crippen LogP) is 0.990. The zero-order chi connectivity index (χ0) is 14.5. The zero-order valence-corrected chi connectivity index (χ0v) is 11.0. The molecule has 1 fully saturated rings. The van der Waals surface area contributed by atoms with Gasteiger partial charge in [-0.3, -0.25) is 14.9 Å². The number of benzene rings is 1. The number of piperidine rings is 1. The molecule has 7 heteroatoms. The molecule has 1 heterocycles. The van der Waals surface area contributed by atoms with Crippen molar-refractivity contribution in [3.05, 3.63) is 34.4 Å². The molecular formula is C13H17N3O4. The van der Waals surface area contributed by atoms with Gasteiger partial charge in [0.05, 0.1) is 11.5 Å². The zero-order valence-electron chi connectivity index (χ0n) is 11.0. The van der Waals surface area contributed by atoms with Crippen LogP contribution < -0.4 is 5.32 Å². The van der Waals surface area contributed by atoms with Gasteiger partial charge in [-0.1, -0.05) is 0 Å². The van der Waals surface area contributed by atoms with E-state index in [1.165, 1.54) is 12.1 Å². The number of nitrogens with one attached hydrogen (secondary N) is 1. The van der Waals surface area contributed by atoms with Crippen LogP contribution in [0.3, 0.4) is 0 Å². The summed E-state index contributed by atoms with van der Waals surface area (Å²) in [5.41, 5.74) is 0.701. The Balaban J connectivity index is 2.01. The maximum Gasteiger partial charge on any atom is 0.269 e. The Hall–Kier alpha value is -2.15. The van der Waals surface area contributed by atoms with Crippen LogP contribution >= 0.6 is 0 Å². The fourth-order valence-corrected chi connectivity index (χ4v) is 2.30. The van der Waals surface area contributed by atoms with E-state index in [1.54, 1.807) is 17.0 Å². The van der Waals surface area contributed by atoms with Crippen molar-refractivity contribution in [1.82, 2.24) is 4.90 Å². The average Bonchev–Trinajstić information content (AvgIpc) is 2.44. The number of nitro benzene ring substituents is 1. The lowest BCUT2D eigenvalue weighted by atomic mass is 10.0. The van der Waals surface area contributed by atoms with Crippen molar-refractivity contribution in [1.29, 1.82) is 0 Å². The summed E-state index contributed by atoms with van der Waals surface area (Å²) in [5.74, 6) is -0.0383. The summed E-state index contributed by atoms with van der Waals surface area (Å²) in [6.45, 7) is 0.963. The number of likely N-dealkylation sites (tertiary alicyclic amines) is 1. The van der Waals surface area contributed by atoms with Crippen LogP contribution in [-0.4, -0.2) is 46.6 Å². The maximum atomic E-state index is 12.1. The molecule has 1 saturated heterocycles. The van der Waals surface area contributed by atoms with Crippen molar-refractivity contribution >= 4 is 17.3 Å². The minimum Gasteiger partial charge on any atom is -0.395 e. The monoisotopic (exact) mass is 279 g/mol. The lowest BCUT2D eigenvalue weighted by molar-refractivity contribution is -0.384. The van der Waals surface area contributed by atoms with E-state index >= 15 is 0 Å². The number of carbonyl (C=O) groups excluding carboxylic acids is 1. The number of aliphatic hydroxyl groups is 1. The Morgan fingerprint density at radius 3 is 2.70 bits per heavy atom. The van der Waals surface area contributed by atoms with Crippen LogP contribution in [0.25, 0.3) is 0 Å². The van der Waals surface area contributed by atoms with Gasteiger partial charge >= 0.3 is 0 Å². The normalized spacial score (nSPS) is 18.9. The molecule has 20 heavy (non-hydrogen) atoms. The number of nitrogens with zero attached hydrogens (tertiary/aromatic N) is 2. The molecule has 0 spiro atoms.